The average Bonchev–Trinajstić information content (AvgIpc) is 2.71. The number of hydrogen-bond acceptors (Lipinski definition) is 4. The number of carbonyl (C=O) groups is 1. The van der Waals surface area contributed by atoms with Gasteiger partial charge in [0.25, 0.3) is 0 Å². The fourth-order valence-electron chi connectivity index (χ4n) is 3.60. The summed E-state index contributed by atoms with van der Waals surface area (Å²) < 4.78 is 17.6. The number of hydrogen-bond donors (Lipinski definition) is 0. The Bertz CT molecular complexity index is 878. The molecule has 146 valence electrons. The molecule has 0 spiro atoms. The van der Waals surface area contributed by atoms with Gasteiger partial charge in [-0.15, -0.1) is 0 Å². The number of fused-ring (bicyclic) bond motifs is 1. The van der Waals surface area contributed by atoms with Crippen molar-refractivity contribution in [3.05, 3.63) is 76.2 Å². The molecule has 0 aromatic heterocycles. The van der Waals surface area contributed by atoms with Crippen molar-refractivity contribution in [2.45, 2.75) is 38.1 Å². The first-order chi connectivity index (χ1) is 13.6. The fraction of sp³-hybridized carbons (Fsp3) is 0.318. The first-order valence-electron chi connectivity index (χ1n) is 9.28. The maximum atomic E-state index is 12.8. The summed E-state index contributed by atoms with van der Waals surface area (Å²) in [6, 6.07) is 14.7. The molecule has 4 rings (SSSR count). The van der Waals surface area contributed by atoms with Gasteiger partial charge in [0.2, 0.25) is 11.5 Å². The summed E-state index contributed by atoms with van der Waals surface area (Å²) in [5, 5.41) is 1.16. The van der Waals surface area contributed by atoms with E-state index in [0.717, 1.165) is 12.0 Å². The molecule has 1 fully saturated rings. The van der Waals surface area contributed by atoms with Crippen LogP contribution in [0.25, 0.3) is 0 Å². The van der Waals surface area contributed by atoms with Gasteiger partial charge < -0.3 is 14.2 Å². The lowest BCUT2D eigenvalue weighted by Crippen LogP contribution is -2.42. The molecule has 1 aliphatic carbocycles. The molecule has 1 saturated carbocycles. The lowest BCUT2D eigenvalue weighted by atomic mass is 9.80. The number of benzene rings is 2. The molecule has 3 unspecified atom stereocenters. The second-order valence-electron chi connectivity index (χ2n) is 7.03. The lowest BCUT2D eigenvalue weighted by molar-refractivity contribution is -0.134. The first-order valence-corrected chi connectivity index (χ1v) is 10.0. The Kier molecular flexibility index (Phi) is 5.90. The summed E-state index contributed by atoms with van der Waals surface area (Å²) >= 11 is 12.0. The zero-order chi connectivity index (χ0) is 19.5. The van der Waals surface area contributed by atoms with Crippen molar-refractivity contribution in [1.82, 2.24) is 0 Å². The zero-order valence-electron chi connectivity index (χ0n) is 15.1. The van der Waals surface area contributed by atoms with E-state index < -0.39 is 0 Å². The van der Waals surface area contributed by atoms with Crippen molar-refractivity contribution in [2.75, 3.05) is 0 Å². The van der Waals surface area contributed by atoms with Crippen LogP contribution < -0.4 is 4.74 Å². The van der Waals surface area contributed by atoms with Gasteiger partial charge in [-0.25, -0.2) is 0 Å². The highest BCUT2D eigenvalue weighted by molar-refractivity contribution is 6.32. The molecule has 28 heavy (non-hydrogen) atoms. The van der Waals surface area contributed by atoms with Gasteiger partial charge in [-0.1, -0.05) is 47.5 Å². The van der Waals surface area contributed by atoms with Crippen molar-refractivity contribution >= 4 is 29.0 Å². The number of rotatable bonds is 5. The molecule has 0 saturated heterocycles. The predicted molar refractivity (Wildman–Crippen MR) is 107 cm³/mol. The van der Waals surface area contributed by atoms with Crippen molar-refractivity contribution in [3.8, 4) is 5.75 Å². The number of para-hydroxylation sites is 1. The number of Topliss-reactive ketones (excluding diaryl/α,β-unsaturated/α-hetero) is 1. The van der Waals surface area contributed by atoms with Crippen LogP contribution in [0, 0.1) is 5.92 Å². The molecule has 6 heteroatoms. The summed E-state index contributed by atoms with van der Waals surface area (Å²) in [6.07, 6.45) is 3.48. The molecule has 0 N–H and O–H groups in total. The van der Waals surface area contributed by atoms with Crippen LogP contribution in [0.4, 0.5) is 0 Å². The van der Waals surface area contributed by atoms with Gasteiger partial charge in [-0.05, 0) is 42.7 Å². The largest absolute Gasteiger partial charge is 0.493 e. The molecule has 0 bridgehead atoms. The molecule has 1 heterocycles. The van der Waals surface area contributed by atoms with E-state index >= 15 is 0 Å². The smallest absolute Gasteiger partial charge is 0.208 e. The Hall–Kier alpha value is -2.01. The monoisotopic (exact) mass is 418 g/mol. The molecular weight excluding hydrogens is 399 g/mol. The highest BCUT2D eigenvalue weighted by atomic mass is 35.5. The number of carbonyl (C=O) groups excluding carboxylic acids is 1. The highest BCUT2D eigenvalue weighted by Crippen LogP contribution is 2.36. The number of allylic oxidation sites excluding steroid dienone is 1. The molecule has 2 aliphatic rings. The molecule has 0 amide bonds. The van der Waals surface area contributed by atoms with Crippen LogP contribution in [-0.2, 0) is 20.9 Å². The number of halogens is 2. The molecule has 2 aromatic carbocycles. The Morgan fingerprint density at radius 2 is 1.82 bits per heavy atom. The third kappa shape index (κ3) is 4.35. The minimum atomic E-state index is -0.210. The van der Waals surface area contributed by atoms with Crippen molar-refractivity contribution in [2.24, 2.45) is 5.92 Å². The quantitative estimate of drug-likeness (QED) is 0.636. The summed E-state index contributed by atoms with van der Waals surface area (Å²) in [5.74, 6) is 0.408. The molecule has 0 radical (unpaired) electrons. The van der Waals surface area contributed by atoms with Crippen LogP contribution in [0.2, 0.25) is 10.0 Å². The van der Waals surface area contributed by atoms with E-state index in [1.54, 1.807) is 12.1 Å². The number of ketones is 1. The molecule has 1 aliphatic heterocycles. The van der Waals surface area contributed by atoms with E-state index in [2.05, 4.69) is 0 Å². The Morgan fingerprint density at radius 3 is 2.61 bits per heavy atom. The summed E-state index contributed by atoms with van der Waals surface area (Å²) in [6.45, 7) is 0.518. The predicted octanol–water partition coefficient (Wildman–Crippen LogP) is 5.57. The van der Waals surface area contributed by atoms with E-state index in [0.29, 0.717) is 35.2 Å². The SMILES string of the molecule is O=C1C(Oc2ccccc2Cl)=COC2CC(OCc3ccc(Cl)cc3)CCC12. The van der Waals surface area contributed by atoms with E-state index in [-0.39, 0.29) is 29.7 Å². The molecule has 3 atom stereocenters. The Balaban J connectivity index is 1.35. The maximum absolute atomic E-state index is 12.8. The third-order valence-electron chi connectivity index (χ3n) is 5.13. The standard InChI is InChI=1S/C22H20Cl2O4/c23-15-7-5-14(6-8-15)12-26-16-9-10-17-20(11-16)27-13-21(22(17)25)28-19-4-2-1-3-18(19)24/h1-8,13,16-17,20H,9-12H2. The van der Waals surface area contributed by atoms with Crippen molar-refractivity contribution < 1.29 is 19.0 Å². The van der Waals surface area contributed by atoms with Gasteiger partial charge in [0, 0.05) is 11.4 Å². The van der Waals surface area contributed by atoms with Crippen LogP contribution in [0.1, 0.15) is 24.8 Å². The maximum Gasteiger partial charge on any atom is 0.208 e. The second-order valence-corrected chi connectivity index (χ2v) is 7.88. The molecular formula is C22H20Cl2O4. The minimum Gasteiger partial charge on any atom is -0.493 e. The van der Waals surface area contributed by atoms with Gasteiger partial charge in [0.15, 0.2) is 0 Å². The minimum absolute atomic E-state index is 0.0349. The second kappa shape index (κ2) is 8.56. The highest BCUT2D eigenvalue weighted by Gasteiger charge is 2.41. The average molecular weight is 419 g/mol. The van der Waals surface area contributed by atoms with Gasteiger partial charge in [-0.3, -0.25) is 4.79 Å². The van der Waals surface area contributed by atoms with Gasteiger partial charge in [0.1, 0.15) is 18.1 Å². The first kappa shape index (κ1) is 19.3. The fourth-order valence-corrected chi connectivity index (χ4v) is 3.90. The van der Waals surface area contributed by atoms with Crippen molar-refractivity contribution in [1.29, 1.82) is 0 Å². The van der Waals surface area contributed by atoms with E-state index in [9.17, 15) is 4.79 Å². The van der Waals surface area contributed by atoms with Crippen molar-refractivity contribution in [3.63, 3.8) is 0 Å². The van der Waals surface area contributed by atoms with Gasteiger partial charge in [0.05, 0.1) is 23.7 Å². The summed E-state index contributed by atoms with van der Waals surface area (Å²) in [5.41, 5.74) is 1.07. The lowest BCUT2D eigenvalue weighted by Gasteiger charge is -2.37. The van der Waals surface area contributed by atoms with E-state index in [1.165, 1.54) is 6.26 Å². The Morgan fingerprint density at radius 1 is 1.04 bits per heavy atom. The topological polar surface area (TPSA) is 44.8 Å². The van der Waals surface area contributed by atoms with E-state index in [1.807, 2.05) is 36.4 Å². The zero-order valence-corrected chi connectivity index (χ0v) is 16.7. The summed E-state index contributed by atoms with van der Waals surface area (Å²) in [4.78, 5) is 12.8. The normalized spacial score (nSPS) is 24.1. The third-order valence-corrected chi connectivity index (χ3v) is 5.69. The van der Waals surface area contributed by atoms with Crippen LogP contribution in [0.3, 0.4) is 0 Å². The van der Waals surface area contributed by atoms with Crippen LogP contribution >= 0.6 is 23.2 Å². The van der Waals surface area contributed by atoms with Gasteiger partial charge in [-0.2, -0.15) is 0 Å². The Labute approximate surface area is 174 Å². The molecule has 2 aromatic rings. The van der Waals surface area contributed by atoms with Gasteiger partial charge >= 0.3 is 0 Å². The molecule has 4 nitrogen and oxygen atoms in total. The summed E-state index contributed by atoms with van der Waals surface area (Å²) in [7, 11) is 0. The number of ether oxygens (including phenoxy) is 3. The van der Waals surface area contributed by atoms with Crippen LogP contribution in [0.5, 0.6) is 5.75 Å². The van der Waals surface area contributed by atoms with Crippen LogP contribution in [0.15, 0.2) is 60.6 Å². The van der Waals surface area contributed by atoms with E-state index in [4.69, 9.17) is 37.4 Å². The van der Waals surface area contributed by atoms with Crippen LogP contribution in [-0.4, -0.2) is 18.0 Å².